The van der Waals surface area contributed by atoms with E-state index in [4.69, 9.17) is 5.73 Å². The summed E-state index contributed by atoms with van der Waals surface area (Å²) in [5.74, 6) is -0.0171. The van der Waals surface area contributed by atoms with Crippen LogP contribution in [0.2, 0.25) is 0 Å². The van der Waals surface area contributed by atoms with Gasteiger partial charge in [0.05, 0.1) is 6.54 Å². The number of benzene rings is 2. The number of allylic oxidation sites excluding steroid dienone is 1. The zero-order valence-corrected chi connectivity index (χ0v) is 18.8. The van der Waals surface area contributed by atoms with E-state index >= 15 is 0 Å². The first-order chi connectivity index (χ1) is 13.7. The highest BCUT2D eigenvalue weighted by atomic mass is 35.5. The number of carbonyl (C=O) groups is 1. The van der Waals surface area contributed by atoms with Gasteiger partial charge in [0.15, 0.2) is 0 Å². The summed E-state index contributed by atoms with van der Waals surface area (Å²) in [6.45, 7) is 3.99. The van der Waals surface area contributed by atoms with Crippen LogP contribution in [0.15, 0.2) is 60.7 Å². The highest BCUT2D eigenvalue weighted by Gasteiger charge is 2.37. The molecule has 4 nitrogen and oxygen atoms in total. The van der Waals surface area contributed by atoms with Crippen LogP contribution in [0.1, 0.15) is 30.4 Å². The van der Waals surface area contributed by atoms with Crippen LogP contribution in [-0.2, 0) is 10.2 Å². The molecule has 2 aromatic carbocycles. The number of nitrogens with zero attached hydrogens (tertiary/aromatic N) is 2. The number of nitrogens with two attached hydrogens (primary N) is 1. The Balaban J connectivity index is 0.00000160. The van der Waals surface area contributed by atoms with Gasteiger partial charge < -0.3 is 15.5 Å². The molecule has 1 aliphatic carbocycles. The van der Waals surface area contributed by atoms with Crippen molar-refractivity contribution in [2.75, 3.05) is 37.6 Å². The van der Waals surface area contributed by atoms with E-state index in [1.165, 1.54) is 24.0 Å². The summed E-state index contributed by atoms with van der Waals surface area (Å²) in [4.78, 5) is 16.6. The maximum absolute atomic E-state index is 12.3. The summed E-state index contributed by atoms with van der Waals surface area (Å²) < 4.78 is 0. The maximum Gasteiger partial charge on any atom is 0.240 e. The number of hydrogen-bond donors (Lipinski definition) is 1. The van der Waals surface area contributed by atoms with E-state index in [0.29, 0.717) is 6.54 Å². The Morgan fingerprint density at radius 3 is 2.37 bits per heavy atom. The average molecular weight is 448 g/mol. The molecule has 2 N–H and O–H groups in total. The van der Waals surface area contributed by atoms with E-state index in [-0.39, 0.29) is 42.7 Å². The second kappa shape index (κ2) is 11.0. The molecule has 0 radical (unpaired) electrons. The molecule has 0 unspecified atom stereocenters. The SMILES string of the molecule is Cl.Cl.NCC(=O)N(CCCN1CCC2(C=Cc3ccccc32)CC1)c1ccccc1. The second-order valence-corrected chi connectivity index (χ2v) is 7.86. The summed E-state index contributed by atoms with van der Waals surface area (Å²) in [5.41, 5.74) is 9.67. The Morgan fingerprint density at radius 2 is 1.67 bits per heavy atom. The van der Waals surface area contributed by atoms with Gasteiger partial charge in [-0.15, -0.1) is 24.8 Å². The van der Waals surface area contributed by atoms with Crippen molar-refractivity contribution < 1.29 is 4.79 Å². The highest BCUT2D eigenvalue weighted by Crippen LogP contribution is 2.43. The molecule has 1 aliphatic heterocycles. The molecule has 4 rings (SSSR count). The number of likely N-dealkylation sites (tertiary alicyclic amines) is 1. The Labute approximate surface area is 191 Å². The fraction of sp³-hybridized carbons (Fsp3) is 0.375. The molecule has 1 fully saturated rings. The van der Waals surface area contributed by atoms with Crippen molar-refractivity contribution in [2.24, 2.45) is 5.73 Å². The van der Waals surface area contributed by atoms with Gasteiger partial charge in [-0.05, 0) is 62.2 Å². The minimum atomic E-state index is -0.0171. The standard InChI is InChI=1S/C24H29N3O.2ClH/c25-19-23(28)27(21-8-2-1-3-9-21)16-6-15-26-17-13-24(14-18-26)12-11-20-7-4-5-10-22(20)24;;/h1-5,7-12H,6,13-19,25H2;2*1H. The molecule has 6 heteroatoms. The van der Waals surface area contributed by atoms with Crippen molar-refractivity contribution in [3.63, 3.8) is 0 Å². The first-order valence-corrected chi connectivity index (χ1v) is 10.3. The predicted octanol–water partition coefficient (Wildman–Crippen LogP) is 4.27. The van der Waals surface area contributed by atoms with Crippen LogP contribution in [0.3, 0.4) is 0 Å². The number of amides is 1. The van der Waals surface area contributed by atoms with Crippen molar-refractivity contribution in [3.8, 4) is 0 Å². The Kier molecular flexibility index (Phi) is 8.92. The van der Waals surface area contributed by atoms with Crippen LogP contribution < -0.4 is 10.6 Å². The molecule has 0 aromatic heterocycles. The van der Waals surface area contributed by atoms with Gasteiger partial charge in [0.25, 0.3) is 0 Å². The number of halogens is 2. The number of para-hydroxylation sites is 1. The van der Waals surface area contributed by atoms with Crippen molar-refractivity contribution in [1.82, 2.24) is 4.90 Å². The van der Waals surface area contributed by atoms with Gasteiger partial charge in [0.1, 0.15) is 0 Å². The fourth-order valence-electron chi connectivity index (χ4n) is 4.61. The highest BCUT2D eigenvalue weighted by molar-refractivity contribution is 5.94. The summed E-state index contributed by atoms with van der Waals surface area (Å²) in [6, 6.07) is 18.6. The number of carbonyl (C=O) groups excluding carboxylic acids is 1. The molecular weight excluding hydrogens is 417 g/mol. The summed E-state index contributed by atoms with van der Waals surface area (Å²) in [7, 11) is 0. The molecule has 162 valence electrons. The van der Waals surface area contributed by atoms with Crippen LogP contribution in [0.25, 0.3) is 6.08 Å². The Bertz CT molecular complexity index is 849. The average Bonchev–Trinajstić information content (AvgIpc) is 3.11. The zero-order valence-electron chi connectivity index (χ0n) is 17.2. The van der Waals surface area contributed by atoms with Crippen molar-refractivity contribution in [3.05, 3.63) is 71.8 Å². The smallest absolute Gasteiger partial charge is 0.240 e. The van der Waals surface area contributed by atoms with Gasteiger partial charge in [-0.1, -0.05) is 54.6 Å². The van der Waals surface area contributed by atoms with E-state index in [9.17, 15) is 4.79 Å². The number of fused-ring (bicyclic) bond motifs is 2. The van der Waals surface area contributed by atoms with Gasteiger partial charge in [-0.25, -0.2) is 0 Å². The minimum Gasteiger partial charge on any atom is -0.322 e. The first kappa shape index (κ1) is 24.4. The number of rotatable bonds is 6. The lowest BCUT2D eigenvalue weighted by Gasteiger charge is -2.39. The predicted molar refractivity (Wildman–Crippen MR) is 130 cm³/mol. The van der Waals surface area contributed by atoms with Crippen LogP contribution in [0, 0.1) is 0 Å². The zero-order chi connectivity index (χ0) is 19.4. The lowest BCUT2D eigenvalue weighted by atomic mass is 9.74. The first-order valence-electron chi connectivity index (χ1n) is 10.3. The minimum absolute atomic E-state index is 0. The van der Waals surface area contributed by atoms with E-state index in [0.717, 1.165) is 31.7 Å². The van der Waals surface area contributed by atoms with Crippen LogP contribution in [0.5, 0.6) is 0 Å². The summed E-state index contributed by atoms with van der Waals surface area (Å²) >= 11 is 0. The van der Waals surface area contributed by atoms with E-state index < -0.39 is 0 Å². The molecule has 0 atom stereocenters. The maximum atomic E-state index is 12.3. The molecule has 30 heavy (non-hydrogen) atoms. The molecular formula is C24H31Cl2N3O. The lowest BCUT2D eigenvalue weighted by molar-refractivity contribution is -0.117. The van der Waals surface area contributed by atoms with E-state index in [1.54, 1.807) is 0 Å². The van der Waals surface area contributed by atoms with Crippen LogP contribution >= 0.6 is 24.8 Å². The van der Waals surface area contributed by atoms with Gasteiger partial charge in [-0.2, -0.15) is 0 Å². The van der Waals surface area contributed by atoms with Crippen LogP contribution in [-0.4, -0.2) is 43.5 Å². The molecule has 1 amide bonds. The summed E-state index contributed by atoms with van der Waals surface area (Å²) in [5, 5.41) is 0. The third-order valence-corrected chi connectivity index (χ3v) is 6.23. The third kappa shape index (κ3) is 5.06. The largest absolute Gasteiger partial charge is 0.322 e. The van der Waals surface area contributed by atoms with Gasteiger partial charge in [0.2, 0.25) is 5.91 Å². The number of piperidine rings is 1. The summed E-state index contributed by atoms with van der Waals surface area (Å²) in [6.07, 6.45) is 8.02. The molecule has 0 bridgehead atoms. The monoisotopic (exact) mass is 447 g/mol. The van der Waals surface area contributed by atoms with Gasteiger partial charge in [0, 0.05) is 17.6 Å². The molecule has 1 saturated heterocycles. The van der Waals surface area contributed by atoms with Crippen molar-refractivity contribution in [2.45, 2.75) is 24.7 Å². The topological polar surface area (TPSA) is 49.6 Å². The van der Waals surface area contributed by atoms with Crippen molar-refractivity contribution >= 4 is 42.5 Å². The molecule has 2 aromatic rings. The van der Waals surface area contributed by atoms with Crippen molar-refractivity contribution in [1.29, 1.82) is 0 Å². The van der Waals surface area contributed by atoms with E-state index in [1.807, 2.05) is 35.2 Å². The Hall–Kier alpha value is -1.85. The molecule has 1 heterocycles. The van der Waals surface area contributed by atoms with Crippen LogP contribution in [0.4, 0.5) is 5.69 Å². The number of anilines is 1. The second-order valence-electron chi connectivity index (χ2n) is 7.86. The molecule has 0 saturated carbocycles. The van der Waals surface area contributed by atoms with E-state index in [2.05, 4.69) is 41.3 Å². The normalized spacial score (nSPS) is 16.4. The number of hydrogen-bond acceptors (Lipinski definition) is 3. The lowest BCUT2D eigenvalue weighted by Crippen LogP contribution is -2.43. The van der Waals surface area contributed by atoms with Gasteiger partial charge in [-0.3, -0.25) is 4.79 Å². The fourth-order valence-corrected chi connectivity index (χ4v) is 4.61. The molecule has 2 aliphatic rings. The van der Waals surface area contributed by atoms with Gasteiger partial charge >= 0.3 is 0 Å². The third-order valence-electron chi connectivity index (χ3n) is 6.23. The Morgan fingerprint density at radius 1 is 1.00 bits per heavy atom. The molecule has 1 spiro atoms. The quantitative estimate of drug-likeness (QED) is 0.718.